The second kappa shape index (κ2) is 5.77. The van der Waals surface area contributed by atoms with E-state index in [0.29, 0.717) is 0 Å². The molecule has 5 heteroatoms. The van der Waals surface area contributed by atoms with Crippen LogP contribution < -0.4 is 0 Å². The Morgan fingerprint density at radius 2 is 2.07 bits per heavy atom. The minimum atomic E-state index is -0.836. The predicted molar refractivity (Wildman–Crippen MR) is 68.4 cm³/mol. The van der Waals surface area contributed by atoms with E-state index >= 15 is 0 Å². The number of hydrogen-bond acceptors (Lipinski definition) is 3. The molecule has 0 amide bonds. The second-order valence-electron chi connectivity index (χ2n) is 3.66. The summed E-state index contributed by atoms with van der Waals surface area (Å²) in [6, 6.07) is 0. The van der Waals surface area contributed by atoms with Crippen molar-refractivity contribution >= 4 is 33.4 Å². The lowest BCUT2D eigenvalue weighted by molar-refractivity contribution is 0.0158. The molecule has 0 aliphatic carbocycles. The number of hydrogen-bond donors (Lipinski definition) is 0. The average Bonchev–Trinajstić information content (AvgIpc) is 2.20. The van der Waals surface area contributed by atoms with Gasteiger partial charge in [-0.3, -0.25) is 4.21 Å². The molecule has 0 aromatic rings. The fourth-order valence-electron chi connectivity index (χ4n) is 1.74. The summed E-state index contributed by atoms with van der Waals surface area (Å²) >= 11 is 2.27. The maximum absolute atomic E-state index is 12.0. The van der Waals surface area contributed by atoms with Crippen molar-refractivity contribution in [3.8, 4) is 0 Å². The van der Waals surface area contributed by atoms with Crippen LogP contribution in [0.5, 0.6) is 0 Å². The van der Waals surface area contributed by atoms with Crippen molar-refractivity contribution in [3.05, 3.63) is 0 Å². The van der Waals surface area contributed by atoms with Gasteiger partial charge in [-0.2, -0.15) is 0 Å². The van der Waals surface area contributed by atoms with Crippen LogP contribution in [0.4, 0.5) is 0 Å². The van der Waals surface area contributed by atoms with Crippen LogP contribution >= 0.6 is 22.6 Å². The van der Waals surface area contributed by atoms with Crippen molar-refractivity contribution in [1.82, 2.24) is 4.90 Å². The summed E-state index contributed by atoms with van der Waals surface area (Å²) in [6.07, 6.45) is 1.78. The van der Waals surface area contributed by atoms with Crippen LogP contribution in [0.2, 0.25) is 0 Å². The molecule has 0 aromatic heterocycles. The summed E-state index contributed by atoms with van der Waals surface area (Å²) in [6.45, 7) is 1.97. The lowest BCUT2D eigenvalue weighted by Gasteiger charge is -2.38. The summed E-state index contributed by atoms with van der Waals surface area (Å²) < 4.78 is 18.5. The van der Waals surface area contributed by atoms with Crippen LogP contribution in [0.1, 0.15) is 12.8 Å². The number of rotatable bonds is 4. The van der Waals surface area contributed by atoms with Gasteiger partial charge in [-0.15, -0.1) is 0 Å². The number of likely N-dealkylation sites (tertiary alicyclic amines) is 1. The number of methoxy groups -OCH3 is 1. The molecule has 1 heterocycles. The van der Waals surface area contributed by atoms with Gasteiger partial charge in [0.15, 0.2) is 0 Å². The standard InChI is InChI=1S/C9H18INO2S/c1-11-6-3-9(13-2,4-7-11)14(12)8-5-10/h3-8H2,1-2H3. The number of ether oxygens (including phenoxy) is 1. The normalized spacial score (nSPS) is 24.8. The molecule has 0 N–H and O–H groups in total. The fourth-order valence-corrected chi connectivity index (χ4v) is 4.28. The second-order valence-corrected chi connectivity index (χ2v) is 6.58. The van der Waals surface area contributed by atoms with Crippen molar-refractivity contribution in [3.63, 3.8) is 0 Å². The Bertz CT molecular complexity index is 205. The van der Waals surface area contributed by atoms with Gasteiger partial charge in [-0.05, 0) is 7.05 Å². The zero-order chi connectivity index (χ0) is 10.6. The number of piperidine rings is 1. The highest BCUT2D eigenvalue weighted by molar-refractivity contribution is 14.1. The molecule has 3 nitrogen and oxygen atoms in total. The molecule has 1 atom stereocenters. The van der Waals surface area contributed by atoms with Gasteiger partial charge in [-0.25, -0.2) is 0 Å². The minimum Gasteiger partial charge on any atom is -0.365 e. The van der Waals surface area contributed by atoms with E-state index in [-0.39, 0.29) is 4.93 Å². The van der Waals surface area contributed by atoms with Gasteiger partial charge < -0.3 is 9.64 Å². The van der Waals surface area contributed by atoms with Crippen molar-refractivity contribution in [2.75, 3.05) is 37.4 Å². The van der Waals surface area contributed by atoms with Crippen LogP contribution in [0.25, 0.3) is 0 Å². The van der Waals surface area contributed by atoms with Crippen molar-refractivity contribution in [1.29, 1.82) is 0 Å². The van der Waals surface area contributed by atoms with Gasteiger partial charge in [0.25, 0.3) is 0 Å². The monoisotopic (exact) mass is 331 g/mol. The molecule has 0 aromatic carbocycles. The predicted octanol–water partition coefficient (Wildman–Crippen LogP) is 1.24. The van der Waals surface area contributed by atoms with E-state index in [1.54, 1.807) is 7.11 Å². The third-order valence-corrected chi connectivity index (χ3v) is 6.05. The summed E-state index contributed by atoms with van der Waals surface area (Å²) in [7, 11) is 2.95. The fraction of sp³-hybridized carbons (Fsp3) is 1.00. The zero-order valence-electron chi connectivity index (χ0n) is 8.79. The minimum absolute atomic E-state index is 0.363. The van der Waals surface area contributed by atoms with Gasteiger partial charge in [0.2, 0.25) is 0 Å². The topological polar surface area (TPSA) is 29.5 Å². The molecule has 1 fully saturated rings. The van der Waals surface area contributed by atoms with E-state index in [4.69, 9.17) is 4.74 Å². The number of halogens is 1. The van der Waals surface area contributed by atoms with Crippen LogP contribution in [0.15, 0.2) is 0 Å². The lowest BCUT2D eigenvalue weighted by atomic mass is 10.1. The molecule has 0 saturated carbocycles. The average molecular weight is 331 g/mol. The molecule has 0 radical (unpaired) electrons. The lowest BCUT2D eigenvalue weighted by Crippen LogP contribution is -2.47. The summed E-state index contributed by atoms with van der Waals surface area (Å²) in [4.78, 5) is 1.90. The maximum Gasteiger partial charge on any atom is 0.144 e. The Balaban J connectivity index is 2.62. The largest absolute Gasteiger partial charge is 0.365 e. The maximum atomic E-state index is 12.0. The van der Waals surface area contributed by atoms with E-state index in [1.807, 2.05) is 0 Å². The Kier molecular flexibility index (Phi) is 5.30. The Morgan fingerprint density at radius 1 is 1.50 bits per heavy atom. The molecular formula is C9H18INO2S. The highest BCUT2D eigenvalue weighted by Crippen LogP contribution is 2.29. The first-order chi connectivity index (χ1) is 6.64. The molecule has 0 bridgehead atoms. The summed E-state index contributed by atoms with van der Waals surface area (Å²) in [5, 5.41) is 0. The van der Waals surface area contributed by atoms with Crippen molar-refractivity contribution in [2.24, 2.45) is 0 Å². The van der Waals surface area contributed by atoms with E-state index in [9.17, 15) is 4.21 Å². The molecule has 14 heavy (non-hydrogen) atoms. The van der Waals surface area contributed by atoms with Crippen molar-refractivity contribution in [2.45, 2.75) is 17.8 Å². The smallest absolute Gasteiger partial charge is 0.144 e. The van der Waals surface area contributed by atoms with E-state index < -0.39 is 10.8 Å². The Hall–Kier alpha value is 0.800. The zero-order valence-corrected chi connectivity index (χ0v) is 11.8. The number of alkyl halides is 1. The van der Waals surface area contributed by atoms with E-state index in [1.165, 1.54) is 0 Å². The van der Waals surface area contributed by atoms with Crippen LogP contribution in [0.3, 0.4) is 0 Å². The quantitative estimate of drug-likeness (QED) is 0.573. The van der Waals surface area contributed by atoms with Crippen LogP contribution in [-0.4, -0.2) is 51.5 Å². The third kappa shape index (κ3) is 2.90. The summed E-state index contributed by atoms with van der Waals surface area (Å²) in [5.41, 5.74) is 0. The van der Waals surface area contributed by atoms with E-state index in [0.717, 1.165) is 36.1 Å². The van der Waals surface area contributed by atoms with Gasteiger partial charge in [-0.1, -0.05) is 22.6 Å². The van der Waals surface area contributed by atoms with Gasteiger partial charge >= 0.3 is 0 Å². The number of nitrogens with zero attached hydrogens (tertiary/aromatic N) is 1. The SMILES string of the molecule is COC1(S(=O)CCI)CCN(C)CC1. The molecule has 84 valence electrons. The van der Waals surface area contributed by atoms with Crippen LogP contribution in [-0.2, 0) is 15.5 Å². The summed E-state index contributed by atoms with van der Waals surface area (Å²) in [5.74, 6) is 0.748. The molecule has 0 spiro atoms. The van der Waals surface area contributed by atoms with Crippen molar-refractivity contribution < 1.29 is 8.95 Å². The first-order valence-corrected chi connectivity index (χ1v) is 7.67. The highest BCUT2D eigenvalue weighted by Gasteiger charge is 2.38. The third-order valence-electron chi connectivity index (χ3n) is 2.80. The molecule has 1 aliphatic rings. The van der Waals surface area contributed by atoms with Gasteiger partial charge in [0.1, 0.15) is 4.93 Å². The Morgan fingerprint density at radius 3 is 2.50 bits per heavy atom. The van der Waals surface area contributed by atoms with E-state index in [2.05, 4.69) is 34.5 Å². The first kappa shape index (κ1) is 12.9. The molecular weight excluding hydrogens is 313 g/mol. The first-order valence-electron chi connectivity index (χ1n) is 4.83. The Labute approximate surface area is 102 Å². The van der Waals surface area contributed by atoms with Gasteiger partial charge in [0, 0.05) is 43.2 Å². The molecule has 1 rings (SSSR count). The van der Waals surface area contributed by atoms with Crippen LogP contribution in [0, 0.1) is 0 Å². The molecule has 1 aliphatic heterocycles. The molecule has 1 unspecified atom stereocenters. The van der Waals surface area contributed by atoms with Gasteiger partial charge in [0.05, 0.1) is 10.8 Å². The molecule has 1 saturated heterocycles. The highest BCUT2D eigenvalue weighted by atomic mass is 127.